The summed E-state index contributed by atoms with van der Waals surface area (Å²) in [6.07, 6.45) is 0.915. The Morgan fingerprint density at radius 2 is 2.35 bits per heavy atom. The van der Waals surface area contributed by atoms with Gasteiger partial charge in [-0.05, 0) is 0 Å². The highest BCUT2D eigenvalue weighted by molar-refractivity contribution is 14.1. The molecule has 1 aliphatic rings. The molecular formula is C11H14IN5O2S. The molecule has 20 heavy (non-hydrogen) atoms. The van der Waals surface area contributed by atoms with Crippen LogP contribution in [0, 0.1) is 3.83 Å². The molecule has 1 fully saturated rings. The third-order valence-corrected chi connectivity index (χ3v) is 4.12. The quantitative estimate of drug-likeness (QED) is 0.390. The molecule has 4 atom stereocenters. The second-order valence-corrected chi connectivity index (χ2v) is 6.58. The van der Waals surface area contributed by atoms with Crippen molar-refractivity contribution < 1.29 is 9.84 Å². The van der Waals surface area contributed by atoms with Gasteiger partial charge in [-0.2, -0.15) is 12.6 Å². The zero-order valence-electron chi connectivity index (χ0n) is 10.6. The van der Waals surface area contributed by atoms with E-state index in [1.165, 1.54) is 0 Å². The highest BCUT2D eigenvalue weighted by atomic mass is 127. The van der Waals surface area contributed by atoms with Crippen LogP contribution >= 0.6 is 35.2 Å². The molecule has 2 aromatic heterocycles. The maximum atomic E-state index is 10.0. The van der Waals surface area contributed by atoms with Crippen LogP contribution in [0.3, 0.4) is 0 Å². The summed E-state index contributed by atoms with van der Waals surface area (Å²) < 4.78 is 8.20. The lowest BCUT2D eigenvalue weighted by atomic mass is 10.1. The first-order valence-corrected chi connectivity index (χ1v) is 7.74. The number of aliphatic hydroxyl groups excluding tert-OH is 1. The first-order valence-electron chi connectivity index (χ1n) is 6.14. The number of aromatic nitrogens is 4. The monoisotopic (exact) mass is 407 g/mol. The number of aliphatic hydroxyl groups is 1. The lowest BCUT2D eigenvalue weighted by Crippen LogP contribution is -2.28. The Bertz CT molecular complexity index is 649. The number of anilines is 1. The van der Waals surface area contributed by atoms with Crippen LogP contribution in [0.1, 0.15) is 19.6 Å². The number of imidazole rings is 1. The molecule has 1 saturated heterocycles. The third-order valence-electron chi connectivity index (χ3n) is 3.34. The second kappa shape index (κ2) is 5.28. The number of ether oxygens (including phenoxy) is 1. The zero-order chi connectivity index (χ0) is 14.4. The molecule has 0 aliphatic carbocycles. The minimum Gasteiger partial charge on any atom is -0.390 e. The molecule has 0 spiro atoms. The number of fused-ring (bicyclic) bond motifs is 1. The number of halogens is 1. The van der Waals surface area contributed by atoms with E-state index in [0.717, 1.165) is 0 Å². The average Bonchev–Trinajstić information content (AvgIpc) is 2.92. The second-order valence-electron chi connectivity index (χ2n) is 4.80. The number of nitrogen functional groups attached to an aromatic ring is 1. The van der Waals surface area contributed by atoms with Gasteiger partial charge in [0.05, 0.1) is 18.5 Å². The van der Waals surface area contributed by atoms with E-state index in [4.69, 9.17) is 10.5 Å². The summed E-state index contributed by atoms with van der Waals surface area (Å²) in [6, 6.07) is 0. The van der Waals surface area contributed by atoms with Gasteiger partial charge in [-0.15, -0.1) is 0 Å². The fraction of sp³-hybridized carbons (Fsp3) is 0.545. The molecule has 7 nitrogen and oxygen atoms in total. The maximum Gasteiger partial charge on any atom is 0.194 e. The first kappa shape index (κ1) is 14.3. The molecule has 9 heteroatoms. The fourth-order valence-corrected chi connectivity index (χ4v) is 3.16. The van der Waals surface area contributed by atoms with Gasteiger partial charge in [-0.25, -0.2) is 15.0 Å². The molecule has 0 aromatic carbocycles. The molecule has 3 rings (SSSR count). The number of nitrogens with two attached hydrogens (primary N) is 1. The highest BCUT2D eigenvalue weighted by Crippen LogP contribution is 2.33. The van der Waals surface area contributed by atoms with E-state index in [1.54, 1.807) is 10.9 Å². The normalized spacial score (nSPS) is 28.1. The van der Waals surface area contributed by atoms with Crippen LogP contribution in [-0.2, 0) is 4.74 Å². The summed E-state index contributed by atoms with van der Waals surface area (Å²) in [6.45, 7) is 1.90. The van der Waals surface area contributed by atoms with E-state index in [-0.39, 0.29) is 17.6 Å². The van der Waals surface area contributed by atoms with Crippen LogP contribution in [0.25, 0.3) is 11.2 Å². The lowest BCUT2D eigenvalue weighted by molar-refractivity contribution is -0.0149. The Morgan fingerprint density at radius 1 is 1.60 bits per heavy atom. The van der Waals surface area contributed by atoms with Gasteiger partial charge >= 0.3 is 0 Å². The Balaban J connectivity index is 2.00. The Labute approximate surface area is 134 Å². The van der Waals surface area contributed by atoms with E-state index in [1.807, 2.05) is 29.5 Å². The minimum absolute atomic E-state index is 0.0513. The number of thiol groups is 1. The lowest BCUT2D eigenvalue weighted by Gasteiger charge is -2.18. The van der Waals surface area contributed by atoms with Crippen molar-refractivity contribution in [3.05, 3.63) is 10.2 Å². The van der Waals surface area contributed by atoms with Crippen LogP contribution in [0.5, 0.6) is 0 Å². The van der Waals surface area contributed by atoms with Crippen molar-refractivity contribution in [2.75, 3.05) is 5.73 Å². The first-order chi connectivity index (χ1) is 9.47. The highest BCUT2D eigenvalue weighted by Gasteiger charge is 2.37. The number of rotatable bonds is 2. The van der Waals surface area contributed by atoms with Crippen molar-refractivity contribution in [3.8, 4) is 0 Å². The summed E-state index contributed by atoms with van der Waals surface area (Å²) in [5, 5.41) is 9.99. The molecule has 0 bridgehead atoms. The van der Waals surface area contributed by atoms with Crippen LogP contribution in [0.2, 0.25) is 0 Å². The zero-order valence-corrected chi connectivity index (χ0v) is 13.7. The van der Waals surface area contributed by atoms with Gasteiger partial charge < -0.3 is 15.6 Å². The predicted octanol–water partition coefficient (Wildman–Crippen LogP) is 0.980. The van der Waals surface area contributed by atoms with E-state index in [9.17, 15) is 5.11 Å². The number of hydrogen-bond acceptors (Lipinski definition) is 7. The molecule has 1 unspecified atom stereocenters. The van der Waals surface area contributed by atoms with Crippen LogP contribution < -0.4 is 5.73 Å². The summed E-state index contributed by atoms with van der Waals surface area (Å²) in [5.41, 5.74) is 7.00. The topological polar surface area (TPSA) is 99.1 Å². The number of hydrogen-bond donors (Lipinski definition) is 3. The minimum atomic E-state index is -0.553. The summed E-state index contributed by atoms with van der Waals surface area (Å²) >= 11 is 6.34. The van der Waals surface area contributed by atoms with E-state index in [2.05, 4.69) is 27.6 Å². The largest absolute Gasteiger partial charge is 0.390 e. The Hall–Kier alpha value is -0.650. The average molecular weight is 407 g/mol. The molecule has 108 valence electrons. The van der Waals surface area contributed by atoms with E-state index >= 15 is 0 Å². The third kappa shape index (κ3) is 2.36. The Kier molecular flexibility index (Phi) is 3.77. The van der Waals surface area contributed by atoms with Gasteiger partial charge in [0, 0.05) is 34.3 Å². The fourth-order valence-electron chi connectivity index (χ4n) is 2.40. The van der Waals surface area contributed by atoms with Crippen LogP contribution in [-0.4, -0.2) is 42.1 Å². The Morgan fingerprint density at radius 3 is 3.00 bits per heavy atom. The summed E-state index contributed by atoms with van der Waals surface area (Å²) in [7, 11) is 0. The van der Waals surface area contributed by atoms with Gasteiger partial charge in [0.2, 0.25) is 0 Å². The molecule has 1 aliphatic heterocycles. The van der Waals surface area contributed by atoms with E-state index < -0.39 is 6.10 Å². The standard InChI is InChI=1S/C11H14IN5O2S/c1-4(20)8-5(18)2-6(19-8)17-3-14-7-9(13)15-11(12)16-10(7)17/h3-6,8,18,20H,2H2,1H3,(H2,13,15,16)/t4?,5-,6+,8+/m0/s1. The summed E-state index contributed by atoms with van der Waals surface area (Å²) in [4.78, 5) is 12.7. The van der Waals surface area contributed by atoms with Gasteiger partial charge in [-0.3, -0.25) is 4.57 Å². The molecular weight excluding hydrogens is 393 g/mol. The van der Waals surface area contributed by atoms with Crippen LogP contribution in [0.4, 0.5) is 5.82 Å². The molecule has 0 amide bonds. The van der Waals surface area contributed by atoms with Gasteiger partial charge in [0.25, 0.3) is 0 Å². The molecule has 3 N–H and O–H groups in total. The molecule has 2 aromatic rings. The van der Waals surface area contributed by atoms with Crippen molar-refractivity contribution in [1.82, 2.24) is 19.5 Å². The van der Waals surface area contributed by atoms with E-state index in [0.29, 0.717) is 27.2 Å². The molecule has 0 radical (unpaired) electrons. The van der Waals surface area contributed by atoms with Crippen molar-refractivity contribution in [1.29, 1.82) is 0 Å². The van der Waals surface area contributed by atoms with Crippen molar-refractivity contribution in [3.63, 3.8) is 0 Å². The van der Waals surface area contributed by atoms with Crippen molar-refractivity contribution >= 4 is 52.2 Å². The van der Waals surface area contributed by atoms with Gasteiger partial charge in [0.15, 0.2) is 15.3 Å². The smallest absolute Gasteiger partial charge is 0.194 e. The number of nitrogens with zero attached hydrogens (tertiary/aromatic N) is 4. The van der Waals surface area contributed by atoms with Crippen molar-refractivity contribution in [2.45, 2.75) is 37.0 Å². The SMILES string of the molecule is CC(S)[C@H]1O[C@@H](n2cnc3c(N)nc(I)nc32)C[C@@H]1O. The predicted molar refractivity (Wildman–Crippen MR) is 85.4 cm³/mol. The van der Waals surface area contributed by atoms with Gasteiger partial charge in [0.1, 0.15) is 11.7 Å². The van der Waals surface area contributed by atoms with Crippen molar-refractivity contribution in [2.24, 2.45) is 0 Å². The van der Waals surface area contributed by atoms with Crippen LogP contribution in [0.15, 0.2) is 6.33 Å². The molecule has 0 saturated carbocycles. The summed E-state index contributed by atoms with van der Waals surface area (Å²) in [5.74, 6) is 0.343. The molecule has 3 heterocycles. The van der Waals surface area contributed by atoms with Gasteiger partial charge in [-0.1, -0.05) is 6.92 Å². The maximum absolute atomic E-state index is 10.0.